The number of aryl methyl sites for hydroxylation is 1. The van der Waals surface area contributed by atoms with Gasteiger partial charge in [0.15, 0.2) is 5.17 Å². The van der Waals surface area contributed by atoms with E-state index in [1.54, 1.807) is 0 Å². The van der Waals surface area contributed by atoms with E-state index in [4.69, 9.17) is 4.99 Å². The van der Waals surface area contributed by atoms with Crippen molar-refractivity contribution in [3.63, 3.8) is 0 Å². The van der Waals surface area contributed by atoms with Crippen LogP contribution in [-0.4, -0.2) is 16.5 Å². The van der Waals surface area contributed by atoms with Crippen molar-refractivity contribution in [3.8, 4) is 0 Å². The van der Waals surface area contributed by atoms with E-state index in [0.29, 0.717) is 0 Å². The van der Waals surface area contributed by atoms with Crippen molar-refractivity contribution < 1.29 is 0 Å². The van der Waals surface area contributed by atoms with Crippen LogP contribution in [-0.2, 0) is 6.42 Å². The average Bonchev–Trinajstić information content (AvgIpc) is 2.84. The molecule has 0 aromatic heterocycles. The van der Waals surface area contributed by atoms with Gasteiger partial charge in [0.2, 0.25) is 0 Å². The largest absolute Gasteiger partial charge is 0.335 e. The van der Waals surface area contributed by atoms with E-state index in [-0.39, 0.29) is 5.54 Å². The minimum Gasteiger partial charge on any atom is -0.335 e. The summed E-state index contributed by atoms with van der Waals surface area (Å²) in [6, 6.07) is 6.44. The predicted molar refractivity (Wildman–Crippen MR) is 92.9 cm³/mol. The maximum atomic E-state index is 5.03. The van der Waals surface area contributed by atoms with E-state index in [0.717, 1.165) is 21.8 Å². The Morgan fingerprint density at radius 2 is 2.10 bits per heavy atom. The standard InChI is InChI=1S/C16H21BrN2S/c1-2-12-10-13(17)6-7-14(12)18-15-19-16(11-20-15)8-4-3-5-9-16/h6-7,10H,2-5,8-9,11H2,1H3,(H,18,19). The number of hydrogen-bond acceptors (Lipinski definition) is 3. The molecule has 1 aliphatic heterocycles. The van der Waals surface area contributed by atoms with Gasteiger partial charge in [-0.05, 0) is 43.0 Å². The third-order valence-electron chi connectivity index (χ3n) is 4.29. The predicted octanol–water partition coefficient (Wildman–Crippen LogP) is 5.23. The van der Waals surface area contributed by atoms with Crippen LogP contribution in [0.5, 0.6) is 0 Å². The fourth-order valence-electron chi connectivity index (χ4n) is 3.10. The molecular weight excluding hydrogens is 332 g/mol. The first kappa shape index (κ1) is 14.5. The molecule has 0 saturated heterocycles. The van der Waals surface area contributed by atoms with Crippen molar-refractivity contribution in [1.29, 1.82) is 0 Å². The third-order valence-corrected chi connectivity index (χ3v) is 5.93. The van der Waals surface area contributed by atoms with Gasteiger partial charge in [-0.1, -0.05) is 53.9 Å². The zero-order chi connectivity index (χ0) is 14.0. The van der Waals surface area contributed by atoms with Crippen LogP contribution in [0.2, 0.25) is 0 Å². The van der Waals surface area contributed by atoms with Crippen LogP contribution in [0.4, 0.5) is 5.69 Å². The number of halogens is 1. The molecular formula is C16H21BrN2S. The van der Waals surface area contributed by atoms with Gasteiger partial charge in [-0.2, -0.15) is 0 Å². The Balaban J connectivity index is 1.77. The van der Waals surface area contributed by atoms with E-state index in [2.05, 4.69) is 46.4 Å². The van der Waals surface area contributed by atoms with E-state index in [1.807, 2.05) is 11.8 Å². The minimum absolute atomic E-state index is 0.243. The molecule has 1 aromatic carbocycles. The van der Waals surface area contributed by atoms with Crippen molar-refractivity contribution in [2.75, 3.05) is 11.1 Å². The lowest BCUT2D eigenvalue weighted by Crippen LogP contribution is -2.29. The highest BCUT2D eigenvalue weighted by Crippen LogP contribution is 2.40. The van der Waals surface area contributed by atoms with E-state index >= 15 is 0 Å². The first-order chi connectivity index (χ1) is 9.71. The Hall–Kier alpha value is -0.480. The fourth-order valence-corrected chi connectivity index (χ4v) is 4.71. The maximum absolute atomic E-state index is 5.03. The summed E-state index contributed by atoms with van der Waals surface area (Å²) in [6.07, 6.45) is 7.65. The molecule has 1 fully saturated rings. The SMILES string of the molecule is CCc1cc(Br)ccc1NC1=NC2(CCCCC2)CS1. The van der Waals surface area contributed by atoms with E-state index in [9.17, 15) is 0 Å². The van der Waals surface area contributed by atoms with Gasteiger partial charge in [0.1, 0.15) is 0 Å². The lowest BCUT2D eigenvalue weighted by molar-refractivity contribution is 0.335. The summed E-state index contributed by atoms with van der Waals surface area (Å²) in [6.45, 7) is 2.19. The normalized spacial score (nSPS) is 21.0. The van der Waals surface area contributed by atoms with Crippen LogP contribution in [0.15, 0.2) is 27.7 Å². The summed E-state index contributed by atoms with van der Waals surface area (Å²) < 4.78 is 1.14. The zero-order valence-corrected chi connectivity index (χ0v) is 14.3. The second kappa shape index (κ2) is 6.10. The van der Waals surface area contributed by atoms with Crippen LogP contribution in [0, 0.1) is 0 Å². The third kappa shape index (κ3) is 3.06. The van der Waals surface area contributed by atoms with Crippen molar-refractivity contribution in [1.82, 2.24) is 0 Å². The van der Waals surface area contributed by atoms with Gasteiger partial charge in [0.05, 0.1) is 5.54 Å². The summed E-state index contributed by atoms with van der Waals surface area (Å²) in [7, 11) is 0. The molecule has 2 nitrogen and oxygen atoms in total. The number of hydrogen-bond donors (Lipinski definition) is 1. The Morgan fingerprint density at radius 1 is 1.30 bits per heavy atom. The fraction of sp³-hybridized carbons (Fsp3) is 0.562. The molecule has 4 heteroatoms. The molecule has 1 N–H and O–H groups in total. The number of thioether (sulfide) groups is 1. The van der Waals surface area contributed by atoms with E-state index in [1.165, 1.54) is 43.4 Å². The highest BCUT2D eigenvalue weighted by atomic mass is 79.9. The molecule has 20 heavy (non-hydrogen) atoms. The van der Waals surface area contributed by atoms with Gasteiger partial charge in [-0.3, -0.25) is 4.99 Å². The van der Waals surface area contributed by atoms with Crippen LogP contribution >= 0.6 is 27.7 Å². The van der Waals surface area contributed by atoms with Gasteiger partial charge < -0.3 is 5.32 Å². The molecule has 1 aromatic rings. The molecule has 0 radical (unpaired) electrons. The molecule has 0 bridgehead atoms. The van der Waals surface area contributed by atoms with Crippen LogP contribution in [0.1, 0.15) is 44.6 Å². The van der Waals surface area contributed by atoms with Crippen molar-refractivity contribution >= 4 is 38.5 Å². The molecule has 2 aliphatic rings. The number of nitrogens with zero attached hydrogens (tertiary/aromatic N) is 1. The lowest BCUT2D eigenvalue weighted by atomic mass is 9.84. The minimum atomic E-state index is 0.243. The number of rotatable bonds is 2. The van der Waals surface area contributed by atoms with Gasteiger partial charge in [0, 0.05) is 15.9 Å². The smallest absolute Gasteiger partial charge is 0.161 e. The zero-order valence-electron chi connectivity index (χ0n) is 11.9. The van der Waals surface area contributed by atoms with Gasteiger partial charge in [0.25, 0.3) is 0 Å². The van der Waals surface area contributed by atoms with Gasteiger partial charge in [-0.15, -0.1) is 0 Å². The Kier molecular flexibility index (Phi) is 4.41. The summed E-state index contributed by atoms with van der Waals surface area (Å²) in [5.41, 5.74) is 2.79. The van der Waals surface area contributed by atoms with Gasteiger partial charge in [-0.25, -0.2) is 0 Å². The lowest BCUT2D eigenvalue weighted by Gasteiger charge is -2.29. The molecule has 108 valence electrons. The molecule has 3 rings (SSSR count). The molecule has 0 atom stereocenters. The Bertz CT molecular complexity index is 521. The van der Waals surface area contributed by atoms with Crippen molar-refractivity contribution in [2.45, 2.75) is 51.0 Å². The summed E-state index contributed by atoms with van der Waals surface area (Å²) >= 11 is 5.44. The first-order valence-electron chi connectivity index (χ1n) is 7.49. The number of aliphatic imine (C=N–C) groups is 1. The highest BCUT2D eigenvalue weighted by molar-refractivity contribution is 9.10. The van der Waals surface area contributed by atoms with Crippen molar-refractivity contribution in [3.05, 3.63) is 28.2 Å². The second-order valence-electron chi connectivity index (χ2n) is 5.77. The van der Waals surface area contributed by atoms with Gasteiger partial charge >= 0.3 is 0 Å². The number of nitrogens with one attached hydrogen (secondary N) is 1. The topological polar surface area (TPSA) is 24.4 Å². The Labute approximate surface area is 134 Å². The van der Waals surface area contributed by atoms with Crippen LogP contribution in [0.3, 0.4) is 0 Å². The molecule has 1 heterocycles. The molecule has 0 unspecified atom stereocenters. The number of amidine groups is 1. The second-order valence-corrected chi connectivity index (χ2v) is 7.65. The summed E-state index contributed by atoms with van der Waals surface area (Å²) in [4.78, 5) is 5.03. The van der Waals surface area contributed by atoms with E-state index < -0.39 is 0 Å². The first-order valence-corrected chi connectivity index (χ1v) is 9.27. The summed E-state index contributed by atoms with van der Waals surface area (Å²) in [5, 5.41) is 4.67. The molecule has 0 amide bonds. The summed E-state index contributed by atoms with van der Waals surface area (Å²) in [5.74, 6) is 1.16. The number of anilines is 1. The Morgan fingerprint density at radius 3 is 2.85 bits per heavy atom. The van der Waals surface area contributed by atoms with Crippen LogP contribution in [0.25, 0.3) is 0 Å². The molecule has 1 aliphatic carbocycles. The highest BCUT2D eigenvalue weighted by Gasteiger charge is 2.36. The quantitative estimate of drug-likeness (QED) is 0.787. The number of benzene rings is 1. The molecule has 1 saturated carbocycles. The maximum Gasteiger partial charge on any atom is 0.161 e. The average molecular weight is 353 g/mol. The van der Waals surface area contributed by atoms with Crippen LogP contribution < -0.4 is 5.32 Å². The van der Waals surface area contributed by atoms with Crippen molar-refractivity contribution in [2.24, 2.45) is 4.99 Å². The monoisotopic (exact) mass is 352 g/mol. The molecule has 1 spiro atoms.